The molecule has 0 bridgehead atoms. The molecule has 12 rings (SSSR count). The van der Waals surface area contributed by atoms with Crippen LogP contribution in [0.15, 0.2) is 126 Å². The van der Waals surface area contributed by atoms with Gasteiger partial charge >= 0.3 is 0 Å². The van der Waals surface area contributed by atoms with Gasteiger partial charge in [0.2, 0.25) is 0 Å². The Balaban J connectivity index is 1.10. The lowest BCUT2D eigenvalue weighted by Crippen LogP contribution is -2.48. The second-order valence-corrected chi connectivity index (χ2v) is 19.6. The molecule has 4 heterocycles. The van der Waals surface area contributed by atoms with Crippen molar-refractivity contribution in [3.05, 3.63) is 121 Å². The number of aromatic nitrogens is 4. The molecule has 0 atom stereocenters. The number of hydrogen-bond acceptors (Lipinski definition) is 5. The Kier molecular flexibility index (Phi) is 9.57. The van der Waals surface area contributed by atoms with Crippen molar-refractivity contribution in [3.8, 4) is 51.0 Å². The van der Waals surface area contributed by atoms with Crippen LogP contribution in [-0.4, -0.2) is 98.0 Å². The lowest BCUT2D eigenvalue weighted by molar-refractivity contribution is 0.669. The smallest absolute Gasteiger partial charge is 0.164 e. The average Bonchev–Trinajstić information content (AvgIpc) is 4.07. The van der Waals surface area contributed by atoms with Gasteiger partial charge in [-0.2, -0.15) is 0 Å². The van der Waals surface area contributed by atoms with Crippen molar-refractivity contribution in [1.82, 2.24) is 19.5 Å². The van der Waals surface area contributed by atoms with Gasteiger partial charge in [0, 0.05) is 53.3 Å². The molecule has 0 aliphatic rings. The van der Waals surface area contributed by atoms with Crippen molar-refractivity contribution in [2.75, 3.05) is 0 Å². The Hall–Kier alpha value is -6.76. The molecule has 0 aliphatic heterocycles. The summed E-state index contributed by atoms with van der Waals surface area (Å²) in [4.78, 5) is 15.3. The first-order valence-corrected chi connectivity index (χ1v) is 24.0. The molecule has 306 valence electrons. The van der Waals surface area contributed by atoms with Crippen LogP contribution in [0.4, 0.5) is 0 Å². The second-order valence-electron chi connectivity index (χ2n) is 18.6. The molecule has 0 radical (unpaired) electrons. The van der Waals surface area contributed by atoms with Gasteiger partial charge in [0.25, 0.3) is 0 Å². The topological polar surface area (TPSA) is 56.7 Å². The summed E-state index contributed by atoms with van der Waals surface area (Å²) in [6, 6.07) is 42.0. The predicted octanol–water partition coefficient (Wildman–Crippen LogP) is -3.51. The Labute approximate surface area is 402 Å². The summed E-state index contributed by atoms with van der Waals surface area (Å²) in [5.74, 6) is 1.83. The van der Waals surface area contributed by atoms with E-state index >= 15 is 0 Å². The molecule has 0 saturated heterocycles. The highest BCUT2D eigenvalue weighted by molar-refractivity contribution is 7.28. The van der Waals surface area contributed by atoms with Crippen LogP contribution in [0.5, 0.6) is 0 Å². The molecule has 0 N–H and O–H groups in total. The SMILES string of the molecule is Bc1c(B)c(B)c2c(sc3c2c(B)c(B)c2c3c3c(B)c(B)c(B)c(B)c3n2-c2cccc3oc4cc(-c5nc(-c6ccccc6)nc(-c6ccc(-c7ccccc7)cc6)n5)ccc4c23)c1B. The van der Waals surface area contributed by atoms with E-state index in [-0.39, 0.29) is 0 Å². The van der Waals surface area contributed by atoms with E-state index in [4.69, 9.17) is 19.4 Å². The fraction of sp³-hybridized carbons (Fsp3) is 0. The highest BCUT2D eigenvalue weighted by Gasteiger charge is 2.28. The number of hydrogen-bond donors (Lipinski definition) is 0. The Morgan fingerprint density at radius 2 is 0.836 bits per heavy atom. The molecule has 5 nitrogen and oxygen atoms in total. The van der Waals surface area contributed by atoms with Gasteiger partial charge < -0.3 is 8.98 Å². The number of benzene rings is 8. The molecular formula is C51H40B10N4OS. The lowest BCUT2D eigenvalue weighted by atomic mass is 9.64. The van der Waals surface area contributed by atoms with Crippen LogP contribution >= 0.6 is 11.3 Å². The van der Waals surface area contributed by atoms with Gasteiger partial charge in [0.1, 0.15) is 89.6 Å². The maximum absolute atomic E-state index is 6.89. The molecular weight excluding hydrogens is 825 g/mol. The molecule has 0 fully saturated rings. The first kappa shape index (κ1) is 41.7. The third-order valence-corrected chi connectivity index (χ3v) is 16.6. The normalized spacial score (nSPS) is 11.9. The van der Waals surface area contributed by atoms with Crippen LogP contribution in [0, 0.1) is 0 Å². The predicted molar refractivity (Wildman–Crippen MR) is 318 cm³/mol. The lowest BCUT2D eigenvalue weighted by Gasteiger charge is -2.17. The zero-order valence-corrected chi connectivity index (χ0v) is 40.5. The summed E-state index contributed by atoms with van der Waals surface area (Å²) in [5.41, 5.74) is 23.9. The Bertz CT molecular complexity index is 4100. The van der Waals surface area contributed by atoms with Crippen molar-refractivity contribution in [2.45, 2.75) is 0 Å². The van der Waals surface area contributed by atoms with E-state index in [0.717, 1.165) is 49.9 Å². The summed E-state index contributed by atoms with van der Waals surface area (Å²) in [6.45, 7) is 0. The fourth-order valence-electron chi connectivity index (χ4n) is 10.8. The van der Waals surface area contributed by atoms with Gasteiger partial charge in [-0.1, -0.05) is 135 Å². The summed E-state index contributed by atoms with van der Waals surface area (Å²) in [7, 11) is 23.1. The molecule has 4 aromatic heterocycles. The molecule has 0 amide bonds. The minimum absolute atomic E-state index is 0.590. The van der Waals surface area contributed by atoms with Crippen LogP contribution in [0.1, 0.15) is 0 Å². The fourth-order valence-corrected chi connectivity index (χ4v) is 12.4. The van der Waals surface area contributed by atoms with Crippen molar-refractivity contribution in [2.24, 2.45) is 0 Å². The van der Waals surface area contributed by atoms with Crippen LogP contribution in [-0.2, 0) is 0 Å². The highest BCUT2D eigenvalue weighted by Crippen LogP contribution is 2.42. The molecule has 0 aliphatic carbocycles. The monoisotopic (exact) mass is 866 g/mol. The van der Waals surface area contributed by atoms with Gasteiger partial charge in [-0.25, -0.2) is 15.0 Å². The second kappa shape index (κ2) is 15.4. The van der Waals surface area contributed by atoms with Gasteiger partial charge in [-0.3, -0.25) is 0 Å². The van der Waals surface area contributed by atoms with E-state index in [1.165, 1.54) is 102 Å². The number of furan rings is 1. The minimum Gasteiger partial charge on any atom is -0.456 e. The largest absolute Gasteiger partial charge is 0.456 e. The Morgan fingerprint density at radius 3 is 1.51 bits per heavy atom. The summed E-state index contributed by atoms with van der Waals surface area (Å²) in [6.07, 6.45) is 0. The van der Waals surface area contributed by atoms with E-state index in [0.29, 0.717) is 17.5 Å². The van der Waals surface area contributed by atoms with Crippen molar-refractivity contribution in [1.29, 1.82) is 0 Å². The Morgan fingerprint density at radius 1 is 0.358 bits per heavy atom. The standard InChI is InChI=1S/C51H40B10N4OS/c52-35-31-34-46(42(59)37(54)32-33-36(53)39(56)41(58)44(61)48(33)67-47(32)34)65(45(31)43(60)40(57)38(35)55)27-12-7-13-28-30(27)26-19-18-25(20-29(26)66-28)51-63-49(23-10-5-2-6-11-23)62-50(64-51)24-16-14-22(15-17-24)21-8-3-1-4-9-21/h1-20H,52-61H2. The van der Waals surface area contributed by atoms with Crippen molar-refractivity contribution >= 4 is 208 Å². The number of rotatable bonds is 5. The molecule has 0 saturated carbocycles. The van der Waals surface area contributed by atoms with E-state index in [9.17, 15) is 0 Å². The quantitative estimate of drug-likeness (QED) is 0.169. The maximum atomic E-state index is 6.89. The zero-order valence-electron chi connectivity index (χ0n) is 39.7. The van der Waals surface area contributed by atoms with Gasteiger partial charge in [0.15, 0.2) is 17.5 Å². The van der Waals surface area contributed by atoms with E-state index < -0.39 is 0 Å². The van der Waals surface area contributed by atoms with Gasteiger partial charge in [-0.15, -0.1) is 27.7 Å². The highest BCUT2D eigenvalue weighted by atomic mass is 32.1. The van der Waals surface area contributed by atoms with Crippen molar-refractivity contribution in [3.63, 3.8) is 0 Å². The van der Waals surface area contributed by atoms with Crippen LogP contribution in [0.2, 0.25) is 0 Å². The van der Waals surface area contributed by atoms with E-state index in [1.807, 2.05) is 47.7 Å². The number of nitrogens with zero attached hydrogens (tertiary/aromatic N) is 4. The van der Waals surface area contributed by atoms with E-state index in [1.54, 1.807) is 0 Å². The summed E-state index contributed by atoms with van der Waals surface area (Å²) >= 11 is 1.98. The first-order chi connectivity index (χ1) is 32.4. The van der Waals surface area contributed by atoms with Crippen LogP contribution in [0.3, 0.4) is 0 Å². The van der Waals surface area contributed by atoms with Crippen LogP contribution in [0.25, 0.3) is 115 Å². The molecule has 16 heteroatoms. The molecule has 8 aromatic carbocycles. The summed E-state index contributed by atoms with van der Waals surface area (Å²) < 4.78 is 12.3. The minimum atomic E-state index is 0.590. The number of thiophene rings is 1. The molecule has 0 spiro atoms. The molecule has 0 unspecified atom stereocenters. The average molecular weight is 865 g/mol. The maximum Gasteiger partial charge on any atom is 0.164 e. The number of fused-ring (bicyclic) bond motifs is 10. The third kappa shape index (κ3) is 6.11. The molecule has 12 aromatic rings. The van der Waals surface area contributed by atoms with Crippen molar-refractivity contribution < 1.29 is 4.42 Å². The van der Waals surface area contributed by atoms with Gasteiger partial charge in [0.05, 0.1) is 11.1 Å². The zero-order chi connectivity index (χ0) is 46.2. The van der Waals surface area contributed by atoms with E-state index in [2.05, 4.69) is 168 Å². The van der Waals surface area contributed by atoms with Crippen LogP contribution < -0.4 is 54.6 Å². The van der Waals surface area contributed by atoms with Gasteiger partial charge in [-0.05, 0) is 46.2 Å². The summed E-state index contributed by atoms with van der Waals surface area (Å²) in [5, 5.41) is 7.66. The third-order valence-electron chi connectivity index (χ3n) is 15.3. The first-order valence-electron chi connectivity index (χ1n) is 23.2. The molecule has 67 heavy (non-hydrogen) atoms.